The first-order valence-corrected chi connectivity index (χ1v) is 6.59. The normalized spacial score (nSPS) is 11.7. The number of nitrogens with one attached hydrogen (secondary N) is 1. The van der Waals surface area contributed by atoms with Crippen molar-refractivity contribution in [2.45, 2.75) is 45.9 Å². The van der Waals surface area contributed by atoms with E-state index < -0.39 is 6.43 Å². The van der Waals surface area contributed by atoms with Crippen molar-refractivity contribution >= 4 is 0 Å². The minimum Gasteiger partial charge on any atom is -0.307 e. The average Bonchev–Trinajstić information content (AvgIpc) is 2.98. The Morgan fingerprint density at radius 2 is 2.05 bits per heavy atom. The fraction of sp³-hybridized carbons (Fsp3) is 0.538. The van der Waals surface area contributed by atoms with Crippen molar-refractivity contribution in [1.29, 1.82) is 0 Å². The van der Waals surface area contributed by atoms with E-state index in [4.69, 9.17) is 0 Å². The second-order valence-electron chi connectivity index (χ2n) is 4.93. The van der Waals surface area contributed by atoms with E-state index in [2.05, 4.69) is 29.4 Å². The minimum atomic E-state index is -2.38. The molecule has 20 heavy (non-hydrogen) atoms. The van der Waals surface area contributed by atoms with Gasteiger partial charge in [0, 0.05) is 37.1 Å². The fourth-order valence-electron chi connectivity index (χ4n) is 2.02. The van der Waals surface area contributed by atoms with Gasteiger partial charge in [-0.25, -0.2) is 8.78 Å². The maximum Gasteiger partial charge on any atom is 0.257 e. The monoisotopic (exact) mass is 283 g/mol. The van der Waals surface area contributed by atoms with Crippen LogP contribution in [0.15, 0.2) is 24.7 Å². The van der Waals surface area contributed by atoms with Gasteiger partial charge in [-0.05, 0) is 19.9 Å². The Kier molecular flexibility index (Phi) is 4.84. The zero-order valence-corrected chi connectivity index (χ0v) is 11.6. The maximum atomic E-state index is 12.2. The van der Waals surface area contributed by atoms with Gasteiger partial charge < -0.3 is 5.32 Å². The van der Waals surface area contributed by atoms with Gasteiger partial charge in [0.2, 0.25) is 0 Å². The van der Waals surface area contributed by atoms with Gasteiger partial charge in [-0.15, -0.1) is 0 Å². The van der Waals surface area contributed by atoms with Crippen molar-refractivity contribution in [3.8, 4) is 0 Å². The first kappa shape index (κ1) is 14.6. The van der Waals surface area contributed by atoms with Crippen LogP contribution in [0.2, 0.25) is 0 Å². The molecule has 0 fully saturated rings. The predicted molar refractivity (Wildman–Crippen MR) is 71.4 cm³/mol. The van der Waals surface area contributed by atoms with Crippen LogP contribution >= 0.6 is 0 Å². The molecule has 0 saturated carbocycles. The predicted octanol–water partition coefficient (Wildman–Crippen LogP) is 2.22. The summed E-state index contributed by atoms with van der Waals surface area (Å²) in [6.07, 6.45) is 2.64. The molecule has 0 aliphatic rings. The lowest BCUT2D eigenvalue weighted by atomic mass is 10.3. The summed E-state index contributed by atoms with van der Waals surface area (Å²) in [5.74, 6) is 0. The van der Waals surface area contributed by atoms with Crippen molar-refractivity contribution < 1.29 is 8.78 Å². The number of aromatic nitrogens is 4. The van der Waals surface area contributed by atoms with E-state index in [0.29, 0.717) is 19.1 Å². The van der Waals surface area contributed by atoms with E-state index in [1.807, 2.05) is 10.7 Å². The standard InChI is InChI=1S/C13H19F2N5/c1-10(2)20-12(3-4-17-20)7-16-5-11-6-18-19(8-11)9-13(14)15/h3-4,6,8,10,13,16H,5,7,9H2,1-2H3. The van der Waals surface area contributed by atoms with Gasteiger partial charge in [-0.1, -0.05) is 0 Å². The highest BCUT2D eigenvalue weighted by Crippen LogP contribution is 2.08. The summed E-state index contributed by atoms with van der Waals surface area (Å²) in [5, 5.41) is 11.4. The first-order valence-electron chi connectivity index (χ1n) is 6.59. The molecule has 0 amide bonds. The highest BCUT2D eigenvalue weighted by molar-refractivity contribution is 5.05. The van der Waals surface area contributed by atoms with E-state index in [0.717, 1.165) is 11.3 Å². The summed E-state index contributed by atoms with van der Waals surface area (Å²) < 4.78 is 27.6. The lowest BCUT2D eigenvalue weighted by Crippen LogP contribution is -2.17. The molecule has 0 spiro atoms. The summed E-state index contributed by atoms with van der Waals surface area (Å²) in [6, 6.07) is 2.28. The number of nitrogens with zero attached hydrogens (tertiary/aromatic N) is 4. The molecule has 2 aromatic rings. The van der Waals surface area contributed by atoms with Crippen LogP contribution in [0.3, 0.4) is 0 Å². The molecule has 0 radical (unpaired) electrons. The zero-order valence-electron chi connectivity index (χ0n) is 11.6. The molecular formula is C13H19F2N5. The van der Waals surface area contributed by atoms with Gasteiger partial charge in [0.25, 0.3) is 6.43 Å². The van der Waals surface area contributed by atoms with Crippen LogP contribution in [0.1, 0.15) is 31.1 Å². The number of alkyl halides is 2. The Morgan fingerprint density at radius 1 is 1.25 bits per heavy atom. The average molecular weight is 283 g/mol. The maximum absolute atomic E-state index is 12.2. The lowest BCUT2D eigenvalue weighted by molar-refractivity contribution is 0.122. The summed E-state index contributed by atoms with van der Waals surface area (Å²) in [4.78, 5) is 0. The van der Waals surface area contributed by atoms with Crippen LogP contribution in [0.4, 0.5) is 8.78 Å². The zero-order chi connectivity index (χ0) is 14.5. The Balaban J connectivity index is 1.83. The molecule has 0 aromatic carbocycles. The summed E-state index contributed by atoms with van der Waals surface area (Å²) in [6.45, 7) is 5.06. The third kappa shape index (κ3) is 3.86. The molecule has 0 unspecified atom stereocenters. The van der Waals surface area contributed by atoms with Crippen molar-refractivity contribution in [1.82, 2.24) is 24.9 Å². The number of halogens is 2. The summed E-state index contributed by atoms with van der Waals surface area (Å²) >= 11 is 0. The molecule has 2 aromatic heterocycles. The fourth-order valence-corrected chi connectivity index (χ4v) is 2.02. The molecule has 2 heterocycles. The quantitative estimate of drug-likeness (QED) is 0.847. The van der Waals surface area contributed by atoms with E-state index in [1.165, 1.54) is 4.68 Å². The number of hydrogen-bond donors (Lipinski definition) is 1. The Hall–Kier alpha value is -1.76. The largest absolute Gasteiger partial charge is 0.307 e. The first-order chi connectivity index (χ1) is 9.56. The Labute approximate surface area is 116 Å². The van der Waals surface area contributed by atoms with Crippen LogP contribution in [-0.4, -0.2) is 26.0 Å². The molecule has 0 saturated heterocycles. The SMILES string of the molecule is CC(C)n1nccc1CNCc1cnn(CC(F)F)c1. The molecule has 0 atom stereocenters. The van der Waals surface area contributed by atoms with Crippen LogP contribution in [0.25, 0.3) is 0 Å². The molecule has 110 valence electrons. The molecule has 1 N–H and O–H groups in total. The van der Waals surface area contributed by atoms with Crippen molar-refractivity contribution in [2.24, 2.45) is 0 Å². The van der Waals surface area contributed by atoms with E-state index in [1.54, 1.807) is 18.6 Å². The summed E-state index contributed by atoms with van der Waals surface area (Å²) in [5.41, 5.74) is 1.99. The molecule has 0 aliphatic carbocycles. The minimum absolute atomic E-state index is 0.315. The van der Waals surface area contributed by atoms with Gasteiger partial charge in [-0.3, -0.25) is 9.36 Å². The second-order valence-corrected chi connectivity index (χ2v) is 4.93. The molecule has 7 heteroatoms. The van der Waals surface area contributed by atoms with Gasteiger partial charge in [0.1, 0.15) is 6.54 Å². The Bertz CT molecular complexity index is 532. The van der Waals surface area contributed by atoms with E-state index in [-0.39, 0.29) is 6.54 Å². The van der Waals surface area contributed by atoms with E-state index >= 15 is 0 Å². The van der Waals surface area contributed by atoms with Crippen LogP contribution in [0, 0.1) is 0 Å². The second kappa shape index (κ2) is 6.60. The highest BCUT2D eigenvalue weighted by atomic mass is 19.3. The van der Waals surface area contributed by atoms with Crippen molar-refractivity contribution in [3.63, 3.8) is 0 Å². The van der Waals surface area contributed by atoms with Gasteiger partial charge in [0.15, 0.2) is 0 Å². The molecular weight excluding hydrogens is 264 g/mol. The molecule has 0 aliphatic heterocycles. The summed E-state index contributed by atoms with van der Waals surface area (Å²) in [7, 11) is 0. The van der Waals surface area contributed by atoms with Crippen LogP contribution in [0.5, 0.6) is 0 Å². The molecule has 2 rings (SSSR count). The molecule has 0 bridgehead atoms. The Morgan fingerprint density at radius 3 is 2.75 bits per heavy atom. The van der Waals surface area contributed by atoms with Crippen LogP contribution in [-0.2, 0) is 19.6 Å². The highest BCUT2D eigenvalue weighted by Gasteiger charge is 2.07. The third-order valence-electron chi connectivity index (χ3n) is 2.89. The smallest absolute Gasteiger partial charge is 0.257 e. The number of rotatable bonds is 7. The van der Waals surface area contributed by atoms with Gasteiger partial charge >= 0.3 is 0 Å². The third-order valence-corrected chi connectivity index (χ3v) is 2.89. The topological polar surface area (TPSA) is 47.7 Å². The van der Waals surface area contributed by atoms with E-state index in [9.17, 15) is 8.78 Å². The van der Waals surface area contributed by atoms with Crippen LogP contribution < -0.4 is 5.32 Å². The van der Waals surface area contributed by atoms with Crippen molar-refractivity contribution in [2.75, 3.05) is 0 Å². The molecule has 5 nitrogen and oxygen atoms in total. The van der Waals surface area contributed by atoms with Gasteiger partial charge in [0.05, 0.1) is 11.9 Å². The lowest BCUT2D eigenvalue weighted by Gasteiger charge is -2.11. The number of hydrogen-bond acceptors (Lipinski definition) is 3. The van der Waals surface area contributed by atoms with Gasteiger partial charge in [-0.2, -0.15) is 10.2 Å². The van der Waals surface area contributed by atoms with Crippen molar-refractivity contribution in [3.05, 3.63) is 35.9 Å².